The molecule has 1 aliphatic rings. The molecular weight excluding hydrogens is 408 g/mol. The Balaban J connectivity index is 1.71. The van der Waals surface area contributed by atoms with Gasteiger partial charge in [-0.1, -0.05) is 66.7 Å². The highest BCUT2D eigenvalue weighted by atomic mass is 16.3. The number of phenols is 1. The van der Waals surface area contributed by atoms with E-state index in [1.165, 1.54) is 11.1 Å². The van der Waals surface area contributed by atoms with E-state index in [0.717, 1.165) is 61.4 Å². The number of rotatable bonds is 8. The Morgan fingerprint density at radius 1 is 0.758 bits per heavy atom. The molecule has 0 bridgehead atoms. The molecule has 0 amide bonds. The van der Waals surface area contributed by atoms with Crippen molar-refractivity contribution in [3.8, 4) is 5.75 Å². The Hall–Kier alpha value is -2.92. The van der Waals surface area contributed by atoms with Crippen LogP contribution < -0.4 is 0 Å². The van der Waals surface area contributed by atoms with Gasteiger partial charge in [-0.25, -0.2) is 0 Å². The third-order valence-electron chi connectivity index (χ3n) is 6.41. The van der Waals surface area contributed by atoms with Gasteiger partial charge in [0.25, 0.3) is 0 Å². The van der Waals surface area contributed by atoms with Crippen molar-refractivity contribution >= 4 is 11.1 Å². The SMILES string of the molecule is CN1CCN(Cc2ccc(C(=C(CCCO)c3ccccc3)c3ccc(O)cc3)cc2)CC1. The minimum Gasteiger partial charge on any atom is -0.508 e. The highest BCUT2D eigenvalue weighted by Gasteiger charge is 2.16. The number of aliphatic hydroxyl groups is 1. The summed E-state index contributed by atoms with van der Waals surface area (Å²) >= 11 is 0. The average Bonchev–Trinajstić information content (AvgIpc) is 2.85. The summed E-state index contributed by atoms with van der Waals surface area (Å²) in [5, 5.41) is 19.4. The third-order valence-corrected chi connectivity index (χ3v) is 6.41. The number of hydrogen-bond acceptors (Lipinski definition) is 4. The number of allylic oxidation sites excluding steroid dienone is 1. The zero-order valence-corrected chi connectivity index (χ0v) is 19.5. The Kier molecular flexibility index (Phi) is 7.95. The summed E-state index contributed by atoms with van der Waals surface area (Å²) in [5.74, 6) is 0.261. The maximum Gasteiger partial charge on any atom is 0.115 e. The lowest BCUT2D eigenvalue weighted by Crippen LogP contribution is -2.43. The second-order valence-electron chi connectivity index (χ2n) is 8.87. The van der Waals surface area contributed by atoms with Gasteiger partial charge in [0, 0.05) is 39.3 Å². The zero-order valence-electron chi connectivity index (χ0n) is 19.5. The number of piperazine rings is 1. The molecule has 0 aromatic heterocycles. The molecule has 1 aliphatic heterocycles. The molecular formula is C29H34N2O2. The molecule has 0 radical (unpaired) electrons. The van der Waals surface area contributed by atoms with Crippen LogP contribution in [0.3, 0.4) is 0 Å². The summed E-state index contributed by atoms with van der Waals surface area (Å²) in [6.07, 6.45) is 1.48. The summed E-state index contributed by atoms with van der Waals surface area (Å²) in [6, 6.07) is 26.8. The molecule has 172 valence electrons. The van der Waals surface area contributed by atoms with Gasteiger partial charge in [-0.3, -0.25) is 4.90 Å². The molecule has 33 heavy (non-hydrogen) atoms. The van der Waals surface area contributed by atoms with Gasteiger partial charge in [0.15, 0.2) is 0 Å². The fourth-order valence-electron chi connectivity index (χ4n) is 4.49. The topological polar surface area (TPSA) is 46.9 Å². The van der Waals surface area contributed by atoms with Crippen molar-refractivity contribution in [3.63, 3.8) is 0 Å². The first-order valence-electron chi connectivity index (χ1n) is 11.8. The average molecular weight is 443 g/mol. The molecule has 4 nitrogen and oxygen atoms in total. The van der Waals surface area contributed by atoms with E-state index in [2.05, 4.69) is 65.4 Å². The van der Waals surface area contributed by atoms with E-state index in [1.54, 1.807) is 12.1 Å². The molecule has 0 aliphatic carbocycles. The van der Waals surface area contributed by atoms with Crippen LogP contribution in [0, 0.1) is 0 Å². The molecule has 0 saturated carbocycles. The van der Waals surface area contributed by atoms with Crippen LogP contribution in [0.25, 0.3) is 11.1 Å². The first-order chi connectivity index (χ1) is 16.1. The van der Waals surface area contributed by atoms with Crippen molar-refractivity contribution < 1.29 is 10.2 Å². The van der Waals surface area contributed by atoms with Crippen LogP contribution in [0.15, 0.2) is 78.9 Å². The predicted octanol–water partition coefficient (Wildman–Crippen LogP) is 4.87. The van der Waals surface area contributed by atoms with Crippen LogP contribution in [0.2, 0.25) is 0 Å². The minimum absolute atomic E-state index is 0.156. The van der Waals surface area contributed by atoms with Gasteiger partial charge in [-0.05, 0) is 65.4 Å². The van der Waals surface area contributed by atoms with Crippen molar-refractivity contribution in [2.24, 2.45) is 0 Å². The van der Waals surface area contributed by atoms with E-state index in [1.807, 2.05) is 18.2 Å². The molecule has 1 fully saturated rings. The number of phenolic OH excluding ortho intramolecular Hbond substituents is 1. The van der Waals surface area contributed by atoms with E-state index in [9.17, 15) is 10.2 Å². The molecule has 0 spiro atoms. The quantitative estimate of drug-likeness (QED) is 0.489. The number of benzene rings is 3. The lowest BCUT2D eigenvalue weighted by Gasteiger charge is -2.32. The maximum atomic E-state index is 9.86. The highest BCUT2D eigenvalue weighted by Crippen LogP contribution is 2.36. The monoisotopic (exact) mass is 442 g/mol. The summed E-state index contributed by atoms with van der Waals surface area (Å²) < 4.78 is 0. The van der Waals surface area contributed by atoms with Gasteiger partial charge in [0.05, 0.1) is 0 Å². The van der Waals surface area contributed by atoms with Gasteiger partial charge in [-0.15, -0.1) is 0 Å². The van der Waals surface area contributed by atoms with Crippen LogP contribution in [-0.2, 0) is 6.54 Å². The second kappa shape index (κ2) is 11.3. The Labute approximate surface area is 197 Å². The summed E-state index contributed by atoms with van der Waals surface area (Å²) in [4.78, 5) is 4.90. The van der Waals surface area contributed by atoms with Crippen LogP contribution in [0.4, 0.5) is 0 Å². The first kappa shape index (κ1) is 23.2. The number of likely N-dealkylation sites (N-methyl/N-ethyl adjacent to an activating group) is 1. The van der Waals surface area contributed by atoms with Crippen LogP contribution in [0.5, 0.6) is 5.75 Å². The second-order valence-corrected chi connectivity index (χ2v) is 8.87. The van der Waals surface area contributed by atoms with Crippen molar-refractivity contribution in [1.29, 1.82) is 0 Å². The number of aromatic hydroxyl groups is 1. The lowest BCUT2D eigenvalue weighted by molar-refractivity contribution is 0.148. The van der Waals surface area contributed by atoms with Gasteiger partial charge in [-0.2, -0.15) is 0 Å². The van der Waals surface area contributed by atoms with Crippen molar-refractivity contribution in [1.82, 2.24) is 9.80 Å². The van der Waals surface area contributed by atoms with E-state index in [0.29, 0.717) is 6.42 Å². The molecule has 0 unspecified atom stereocenters. The van der Waals surface area contributed by atoms with Crippen LogP contribution >= 0.6 is 0 Å². The number of aliphatic hydroxyl groups excluding tert-OH is 1. The van der Waals surface area contributed by atoms with Crippen molar-refractivity contribution in [2.45, 2.75) is 19.4 Å². The Morgan fingerprint density at radius 2 is 1.36 bits per heavy atom. The molecule has 1 heterocycles. The molecule has 0 atom stereocenters. The molecule has 4 heteroatoms. The Bertz CT molecular complexity index is 1040. The molecule has 2 N–H and O–H groups in total. The van der Waals surface area contributed by atoms with Crippen LogP contribution in [-0.4, -0.2) is 59.8 Å². The maximum absolute atomic E-state index is 9.86. The van der Waals surface area contributed by atoms with Crippen molar-refractivity contribution in [3.05, 3.63) is 101 Å². The first-order valence-corrected chi connectivity index (χ1v) is 11.8. The van der Waals surface area contributed by atoms with Gasteiger partial charge >= 0.3 is 0 Å². The van der Waals surface area contributed by atoms with E-state index >= 15 is 0 Å². The third kappa shape index (κ3) is 6.11. The molecule has 1 saturated heterocycles. The van der Waals surface area contributed by atoms with Crippen molar-refractivity contribution in [2.75, 3.05) is 39.8 Å². The molecule has 3 aromatic carbocycles. The predicted molar refractivity (Wildman–Crippen MR) is 136 cm³/mol. The molecule has 3 aromatic rings. The van der Waals surface area contributed by atoms with Gasteiger partial charge in [0.2, 0.25) is 0 Å². The van der Waals surface area contributed by atoms with Gasteiger partial charge in [0.1, 0.15) is 5.75 Å². The minimum atomic E-state index is 0.156. The number of hydrogen-bond donors (Lipinski definition) is 2. The fraction of sp³-hybridized carbons (Fsp3) is 0.310. The van der Waals surface area contributed by atoms with E-state index in [4.69, 9.17) is 0 Å². The summed E-state index contributed by atoms with van der Waals surface area (Å²) in [6.45, 7) is 5.59. The Morgan fingerprint density at radius 3 is 1.97 bits per heavy atom. The highest BCUT2D eigenvalue weighted by molar-refractivity contribution is 5.98. The van der Waals surface area contributed by atoms with E-state index in [-0.39, 0.29) is 12.4 Å². The zero-order chi connectivity index (χ0) is 23.0. The van der Waals surface area contributed by atoms with E-state index < -0.39 is 0 Å². The standard InChI is InChI=1S/C29H34N2O2/c1-30-17-19-31(20-18-30)22-23-9-11-25(12-10-23)29(26-13-15-27(33)16-14-26)28(8-5-21-32)24-6-3-2-4-7-24/h2-4,6-7,9-16,32-33H,5,8,17-22H2,1H3. The normalized spacial score (nSPS) is 15.9. The van der Waals surface area contributed by atoms with Crippen LogP contribution in [0.1, 0.15) is 35.1 Å². The van der Waals surface area contributed by atoms with Gasteiger partial charge < -0.3 is 15.1 Å². The fourth-order valence-corrected chi connectivity index (χ4v) is 4.49. The smallest absolute Gasteiger partial charge is 0.115 e. The summed E-state index contributed by atoms with van der Waals surface area (Å²) in [5.41, 5.74) is 7.07. The largest absolute Gasteiger partial charge is 0.508 e. The molecule has 4 rings (SSSR count). The number of nitrogens with zero attached hydrogens (tertiary/aromatic N) is 2. The lowest BCUT2D eigenvalue weighted by atomic mass is 9.87. The summed E-state index contributed by atoms with van der Waals surface area (Å²) in [7, 11) is 2.18.